The van der Waals surface area contributed by atoms with Crippen molar-refractivity contribution in [1.82, 2.24) is 14.9 Å². The summed E-state index contributed by atoms with van der Waals surface area (Å²) in [5, 5.41) is 1.21. The molecule has 32 heavy (non-hydrogen) atoms. The average molecular weight is 487 g/mol. The Morgan fingerprint density at radius 2 is 1.97 bits per heavy atom. The predicted molar refractivity (Wildman–Crippen MR) is 117 cm³/mol. The van der Waals surface area contributed by atoms with E-state index in [9.17, 15) is 18.0 Å². The molecule has 0 atom stereocenters. The van der Waals surface area contributed by atoms with E-state index in [-0.39, 0.29) is 11.7 Å². The monoisotopic (exact) mass is 486 g/mol. The van der Waals surface area contributed by atoms with Crippen molar-refractivity contribution in [1.29, 1.82) is 0 Å². The lowest BCUT2D eigenvalue weighted by molar-refractivity contribution is -0.274. The fourth-order valence-corrected chi connectivity index (χ4v) is 5.30. The Morgan fingerprint density at radius 3 is 2.62 bits per heavy atom. The molecule has 12 heteroatoms. The first-order valence-corrected chi connectivity index (χ1v) is 11.6. The molecule has 4 rings (SSSR count). The second-order valence-corrected chi connectivity index (χ2v) is 9.44. The minimum Gasteiger partial charge on any atom is -0.406 e. The van der Waals surface area contributed by atoms with Gasteiger partial charge in [-0.2, -0.15) is 0 Å². The number of hydrogen-bond acceptors (Lipinski definition) is 8. The minimum atomic E-state index is -4.77. The number of rotatable bonds is 6. The highest BCUT2D eigenvalue weighted by Crippen LogP contribution is 2.34. The number of ether oxygens (including phenoxy) is 2. The number of aryl methyl sites for hydroxylation is 2. The van der Waals surface area contributed by atoms with Gasteiger partial charge in [0.25, 0.3) is 5.91 Å². The SMILES string of the molecule is Cc1nc(C)c(C(=O)N(CCN2CCOCC2)c2nc3ccc(OC(F)(F)F)cc3s2)s1. The van der Waals surface area contributed by atoms with Gasteiger partial charge in [-0.05, 0) is 26.0 Å². The number of nitrogens with zero attached hydrogens (tertiary/aromatic N) is 4. The van der Waals surface area contributed by atoms with E-state index in [2.05, 4.69) is 19.6 Å². The number of alkyl halides is 3. The molecule has 0 aliphatic carbocycles. The largest absolute Gasteiger partial charge is 0.573 e. The summed E-state index contributed by atoms with van der Waals surface area (Å²) in [5.41, 5.74) is 1.15. The van der Waals surface area contributed by atoms with Crippen LogP contribution >= 0.6 is 22.7 Å². The molecule has 1 saturated heterocycles. The summed E-state index contributed by atoms with van der Waals surface area (Å²) >= 11 is 2.47. The number of hydrogen-bond donors (Lipinski definition) is 0. The van der Waals surface area contributed by atoms with Gasteiger partial charge in [0, 0.05) is 32.2 Å². The molecule has 0 saturated carbocycles. The number of halogens is 3. The molecule has 1 amide bonds. The van der Waals surface area contributed by atoms with Gasteiger partial charge in [-0.25, -0.2) is 9.97 Å². The summed E-state index contributed by atoms with van der Waals surface area (Å²) in [7, 11) is 0. The zero-order chi connectivity index (χ0) is 22.9. The molecule has 172 valence electrons. The average Bonchev–Trinajstić information content (AvgIpc) is 3.29. The van der Waals surface area contributed by atoms with E-state index in [1.165, 1.54) is 29.5 Å². The molecule has 1 aliphatic rings. The van der Waals surface area contributed by atoms with Gasteiger partial charge in [-0.3, -0.25) is 14.6 Å². The zero-order valence-corrected chi connectivity index (χ0v) is 19.1. The van der Waals surface area contributed by atoms with Crippen LogP contribution in [0.2, 0.25) is 0 Å². The highest BCUT2D eigenvalue weighted by atomic mass is 32.1. The number of carbonyl (C=O) groups is 1. The lowest BCUT2D eigenvalue weighted by Crippen LogP contribution is -2.43. The van der Waals surface area contributed by atoms with E-state index in [1.807, 2.05) is 6.92 Å². The van der Waals surface area contributed by atoms with Crippen LogP contribution in [0.1, 0.15) is 20.4 Å². The Labute approximate surface area is 190 Å². The summed E-state index contributed by atoms with van der Waals surface area (Å²) in [6, 6.07) is 3.97. The van der Waals surface area contributed by atoms with Crippen molar-refractivity contribution in [3.8, 4) is 5.75 Å². The lowest BCUT2D eigenvalue weighted by atomic mass is 10.3. The second kappa shape index (κ2) is 9.30. The lowest BCUT2D eigenvalue weighted by Gasteiger charge is -2.29. The van der Waals surface area contributed by atoms with E-state index in [4.69, 9.17) is 4.74 Å². The highest BCUT2D eigenvalue weighted by molar-refractivity contribution is 7.22. The second-order valence-electron chi connectivity index (χ2n) is 7.23. The summed E-state index contributed by atoms with van der Waals surface area (Å²) in [4.78, 5) is 26.6. The molecule has 0 unspecified atom stereocenters. The van der Waals surface area contributed by atoms with E-state index in [0.29, 0.717) is 52.2 Å². The van der Waals surface area contributed by atoms with Crippen LogP contribution in [-0.4, -0.2) is 66.5 Å². The molecule has 3 aromatic rings. The third-order valence-electron chi connectivity index (χ3n) is 4.90. The van der Waals surface area contributed by atoms with Crippen LogP contribution < -0.4 is 9.64 Å². The molecular weight excluding hydrogens is 465 g/mol. The third kappa shape index (κ3) is 5.37. The van der Waals surface area contributed by atoms with Crippen LogP contribution in [0, 0.1) is 13.8 Å². The Bertz CT molecular complexity index is 1110. The number of benzene rings is 1. The maximum absolute atomic E-state index is 13.4. The van der Waals surface area contributed by atoms with E-state index in [1.54, 1.807) is 11.8 Å². The van der Waals surface area contributed by atoms with Crippen molar-refractivity contribution in [2.24, 2.45) is 0 Å². The van der Waals surface area contributed by atoms with Crippen LogP contribution in [0.15, 0.2) is 18.2 Å². The van der Waals surface area contributed by atoms with Crippen LogP contribution in [0.5, 0.6) is 5.75 Å². The van der Waals surface area contributed by atoms with Crippen molar-refractivity contribution in [2.45, 2.75) is 20.2 Å². The van der Waals surface area contributed by atoms with Crippen LogP contribution in [0.3, 0.4) is 0 Å². The molecule has 0 bridgehead atoms. The van der Waals surface area contributed by atoms with E-state index >= 15 is 0 Å². The Hall–Kier alpha value is -2.28. The highest BCUT2D eigenvalue weighted by Gasteiger charge is 2.31. The van der Waals surface area contributed by atoms with Crippen molar-refractivity contribution < 1.29 is 27.4 Å². The van der Waals surface area contributed by atoms with Gasteiger partial charge in [0.05, 0.1) is 34.1 Å². The Kier molecular flexibility index (Phi) is 6.65. The molecule has 1 aromatic carbocycles. The molecule has 2 aromatic heterocycles. The maximum Gasteiger partial charge on any atom is 0.573 e. The third-order valence-corrected chi connectivity index (χ3v) is 7.00. The fourth-order valence-electron chi connectivity index (χ4n) is 3.41. The van der Waals surface area contributed by atoms with Gasteiger partial charge < -0.3 is 9.47 Å². The van der Waals surface area contributed by atoms with Crippen molar-refractivity contribution in [3.05, 3.63) is 33.8 Å². The van der Waals surface area contributed by atoms with Crippen LogP contribution in [-0.2, 0) is 4.74 Å². The number of anilines is 1. The van der Waals surface area contributed by atoms with Crippen molar-refractivity contribution >= 4 is 43.9 Å². The Morgan fingerprint density at radius 1 is 1.22 bits per heavy atom. The summed E-state index contributed by atoms with van der Waals surface area (Å²) < 4.78 is 47.6. The summed E-state index contributed by atoms with van der Waals surface area (Å²) in [5.74, 6) is -0.535. The first-order chi connectivity index (χ1) is 15.2. The molecule has 0 N–H and O–H groups in total. The van der Waals surface area contributed by atoms with Gasteiger partial charge in [-0.1, -0.05) is 11.3 Å². The maximum atomic E-state index is 13.4. The molecule has 0 radical (unpaired) electrons. The zero-order valence-electron chi connectivity index (χ0n) is 17.4. The van der Waals surface area contributed by atoms with Gasteiger partial charge in [0.2, 0.25) is 0 Å². The number of aromatic nitrogens is 2. The van der Waals surface area contributed by atoms with Crippen molar-refractivity contribution in [3.63, 3.8) is 0 Å². The first kappa shape index (κ1) is 22.9. The number of thiazole rings is 2. The topological polar surface area (TPSA) is 67.8 Å². The van der Waals surface area contributed by atoms with Gasteiger partial charge in [-0.15, -0.1) is 24.5 Å². The van der Waals surface area contributed by atoms with Crippen LogP contribution in [0.4, 0.5) is 18.3 Å². The van der Waals surface area contributed by atoms with E-state index < -0.39 is 6.36 Å². The number of fused-ring (bicyclic) bond motifs is 1. The van der Waals surface area contributed by atoms with Crippen molar-refractivity contribution in [2.75, 3.05) is 44.3 Å². The number of amides is 1. The number of carbonyl (C=O) groups excluding carboxylic acids is 1. The van der Waals surface area contributed by atoms with Gasteiger partial charge in [0.15, 0.2) is 5.13 Å². The molecule has 7 nitrogen and oxygen atoms in total. The normalized spacial score (nSPS) is 15.3. The molecule has 1 fully saturated rings. The number of morpholine rings is 1. The van der Waals surface area contributed by atoms with Crippen LogP contribution in [0.25, 0.3) is 10.2 Å². The van der Waals surface area contributed by atoms with E-state index in [0.717, 1.165) is 29.4 Å². The molecule has 3 heterocycles. The van der Waals surface area contributed by atoms with Gasteiger partial charge >= 0.3 is 6.36 Å². The first-order valence-electron chi connectivity index (χ1n) is 9.92. The molecule has 1 aliphatic heterocycles. The standard InChI is InChI=1S/C20H21F3N4O3S2/c1-12-17(31-13(2)24-12)18(28)27(6-5-26-7-9-29-10-8-26)19-25-15-4-3-14(11-16(15)32-19)30-20(21,22)23/h3-4,11H,5-10H2,1-2H3. The minimum absolute atomic E-state index is 0.216. The smallest absolute Gasteiger partial charge is 0.406 e. The predicted octanol–water partition coefficient (Wildman–Crippen LogP) is 4.25. The Balaban J connectivity index is 1.64. The molecular formula is C20H21F3N4O3S2. The molecule has 0 spiro atoms. The fraction of sp³-hybridized carbons (Fsp3) is 0.450. The summed E-state index contributed by atoms with van der Waals surface area (Å²) in [6.07, 6.45) is -4.77. The summed E-state index contributed by atoms with van der Waals surface area (Å²) in [6.45, 7) is 7.49. The quantitative estimate of drug-likeness (QED) is 0.519. The van der Waals surface area contributed by atoms with Gasteiger partial charge in [0.1, 0.15) is 10.6 Å².